The van der Waals surface area contributed by atoms with E-state index < -0.39 is 11.7 Å². The first-order chi connectivity index (χ1) is 14.1. The molecule has 0 aromatic heterocycles. The normalized spacial score (nSPS) is 30.6. The van der Waals surface area contributed by atoms with Crippen LogP contribution in [-0.2, 0) is 14.2 Å². The molecule has 0 spiro atoms. The van der Waals surface area contributed by atoms with E-state index in [0.29, 0.717) is 25.4 Å². The number of allylic oxidation sites excluding steroid dienone is 4. The summed E-state index contributed by atoms with van der Waals surface area (Å²) in [7, 11) is 1.36. The molecule has 0 aromatic carbocycles. The third kappa shape index (κ3) is 6.70. The van der Waals surface area contributed by atoms with Crippen LogP contribution in [0, 0.1) is 17.8 Å². The summed E-state index contributed by atoms with van der Waals surface area (Å²) in [6, 6.07) is 0. The molecule has 2 fully saturated rings. The van der Waals surface area contributed by atoms with Gasteiger partial charge in [-0.1, -0.05) is 46.5 Å². The van der Waals surface area contributed by atoms with Gasteiger partial charge in [-0.3, -0.25) is 0 Å². The molecular weight excluding hydrogens is 374 g/mol. The van der Waals surface area contributed by atoms with Gasteiger partial charge in [0.25, 0.3) is 0 Å². The van der Waals surface area contributed by atoms with Crippen LogP contribution in [0.4, 0.5) is 8.78 Å². The maximum absolute atomic E-state index is 14.0. The fourth-order valence-electron chi connectivity index (χ4n) is 4.90. The molecular formula is C24H40F2O3. The van der Waals surface area contributed by atoms with Gasteiger partial charge in [0.15, 0.2) is 11.7 Å². The minimum atomic E-state index is -0.929. The number of hydrogen-bond donors (Lipinski definition) is 0. The lowest BCUT2D eigenvalue weighted by atomic mass is 9.73. The Bertz CT molecular complexity index is 542. The molecule has 5 heteroatoms. The molecule has 2 atom stereocenters. The molecule has 1 aliphatic heterocycles. The lowest BCUT2D eigenvalue weighted by molar-refractivity contribution is -0.0670. The number of halogens is 2. The summed E-state index contributed by atoms with van der Waals surface area (Å²) < 4.78 is 44.3. The average Bonchev–Trinajstić information content (AvgIpc) is 2.77. The molecule has 3 rings (SSSR count). The van der Waals surface area contributed by atoms with Gasteiger partial charge >= 0.3 is 0 Å². The highest BCUT2D eigenvalue weighted by Crippen LogP contribution is 2.39. The van der Waals surface area contributed by atoms with E-state index in [1.807, 2.05) is 13.8 Å². The molecule has 1 saturated heterocycles. The molecule has 0 N–H and O–H groups in total. The molecule has 0 radical (unpaired) electrons. The Labute approximate surface area is 175 Å². The van der Waals surface area contributed by atoms with Crippen LogP contribution in [0.3, 0.4) is 0 Å². The van der Waals surface area contributed by atoms with Gasteiger partial charge in [0.1, 0.15) is 18.1 Å². The fraction of sp³-hybridized carbons (Fsp3) is 0.833. The summed E-state index contributed by atoms with van der Waals surface area (Å²) in [6.07, 6.45) is 10.8. The smallest absolute Gasteiger partial charge is 0.199 e. The third-order valence-corrected chi connectivity index (χ3v) is 6.61. The Morgan fingerprint density at radius 1 is 0.897 bits per heavy atom. The molecule has 3 nitrogen and oxygen atoms in total. The van der Waals surface area contributed by atoms with E-state index in [-0.39, 0.29) is 17.6 Å². The molecule has 1 heterocycles. The first-order valence-electron chi connectivity index (χ1n) is 11.7. The van der Waals surface area contributed by atoms with Crippen LogP contribution in [-0.4, -0.2) is 26.4 Å². The van der Waals surface area contributed by atoms with Crippen molar-refractivity contribution in [2.24, 2.45) is 17.8 Å². The molecule has 0 amide bonds. The van der Waals surface area contributed by atoms with E-state index in [1.165, 1.54) is 45.6 Å². The molecule has 0 aromatic rings. The number of rotatable bonds is 7. The summed E-state index contributed by atoms with van der Waals surface area (Å²) in [6.45, 7) is 7.36. The first-order valence-corrected chi connectivity index (χ1v) is 11.7. The van der Waals surface area contributed by atoms with E-state index in [9.17, 15) is 8.78 Å². The highest BCUT2D eigenvalue weighted by molar-refractivity contribution is 5.29. The number of hydrogen-bond acceptors (Lipinski definition) is 3. The SMILES string of the molecule is CC.CCCC1CCC(C2CCC(COC3=C(F)C(F)=C(OC)CC3)OC2)CC1. The van der Waals surface area contributed by atoms with Crippen molar-refractivity contribution in [3.05, 3.63) is 23.2 Å². The maximum atomic E-state index is 14.0. The van der Waals surface area contributed by atoms with Crippen LogP contribution in [0.2, 0.25) is 0 Å². The molecule has 0 bridgehead atoms. The van der Waals surface area contributed by atoms with Gasteiger partial charge in [-0.15, -0.1) is 0 Å². The van der Waals surface area contributed by atoms with E-state index in [4.69, 9.17) is 14.2 Å². The molecule has 2 unspecified atom stereocenters. The zero-order valence-corrected chi connectivity index (χ0v) is 18.8. The van der Waals surface area contributed by atoms with Gasteiger partial charge in [-0.05, 0) is 43.4 Å². The largest absolute Gasteiger partial charge is 0.498 e. The summed E-state index contributed by atoms with van der Waals surface area (Å²) in [5.41, 5.74) is 0. The van der Waals surface area contributed by atoms with Crippen molar-refractivity contribution >= 4 is 0 Å². The molecule has 168 valence electrons. The Kier molecular flexibility index (Phi) is 10.5. The van der Waals surface area contributed by atoms with E-state index in [0.717, 1.165) is 31.3 Å². The quantitative estimate of drug-likeness (QED) is 0.440. The van der Waals surface area contributed by atoms with Gasteiger partial charge in [0.05, 0.1) is 19.8 Å². The minimum Gasteiger partial charge on any atom is -0.498 e. The summed E-state index contributed by atoms with van der Waals surface area (Å²) in [4.78, 5) is 0. The fourth-order valence-corrected chi connectivity index (χ4v) is 4.90. The summed E-state index contributed by atoms with van der Waals surface area (Å²) in [5.74, 6) is 0.684. The molecule has 2 aliphatic carbocycles. The summed E-state index contributed by atoms with van der Waals surface area (Å²) >= 11 is 0. The monoisotopic (exact) mass is 414 g/mol. The zero-order chi connectivity index (χ0) is 21.2. The Balaban J connectivity index is 0.00000145. The second-order valence-corrected chi connectivity index (χ2v) is 8.35. The van der Waals surface area contributed by atoms with Crippen molar-refractivity contribution in [2.75, 3.05) is 20.3 Å². The Hall–Kier alpha value is -1.10. The maximum Gasteiger partial charge on any atom is 0.199 e. The van der Waals surface area contributed by atoms with Gasteiger partial charge in [-0.25, -0.2) is 0 Å². The Morgan fingerprint density at radius 3 is 2.10 bits per heavy atom. The second kappa shape index (κ2) is 12.6. The van der Waals surface area contributed by atoms with Crippen LogP contribution in [0.15, 0.2) is 23.2 Å². The predicted molar refractivity (Wildman–Crippen MR) is 113 cm³/mol. The second-order valence-electron chi connectivity index (χ2n) is 8.35. The van der Waals surface area contributed by atoms with Crippen molar-refractivity contribution in [3.8, 4) is 0 Å². The zero-order valence-electron chi connectivity index (χ0n) is 18.8. The van der Waals surface area contributed by atoms with Crippen LogP contribution in [0.1, 0.15) is 85.0 Å². The topological polar surface area (TPSA) is 27.7 Å². The molecule has 29 heavy (non-hydrogen) atoms. The van der Waals surface area contributed by atoms with Gasteiger partial charge in [0.2, 0.25) is 0 Å². The molecule has 1 saturated carbocycles. The average molecular weight is 415 g/mol. The highest BCUT2D eigenvalue weighted by Gasteiger charge is 2.32. The third-order valence-electron chi connectivity index (χ3n) is 6.61. The lowest BCUT2D eigenvalue weighted by Crippen LogP contribution is -2.34. The van der Waals surface area contributed by atoms with Crippen LogP contribution in [0.25, 0.3) is 0 Å². The van der Waals surface area contributed by atoms with Gasteiger partial charge < -0.3 is 14.2 Å². The summed E-state index contributed by atoms with van der Waals surface area (Å²) in [5, 5.41) is 0. The van der Waals surface area contributed by atoms with E-state index >= 15 is 0 Å². The highest BCUT2D eigenvalue weighted by atomic mass is 19.2. The van der Waals surface area contributed by atoms with Crippen molar-refractivity contribution in [2.45, 2.75) is 91.1 Å². The van der Waals surface area contributed by atoms with Crippen molar-refractivity contribution < 1.29 is 23.0 Å². The van der Waals surface area contributed by atoms with Crippen LogP contribution < -0.4 is 0 Å². The Morgan fingerprint density at radius 2 is 1.52 bits per heavy atom. The van der Waals surface area contributed by atoms with E-state index in [2.05, 4.69) is 6.92 Å². The lowest BCUT2D eigenvalue weighted by Gasteiger charge is -2.38. The first kappa shape index (κ1) is 24.2. The van der Waals surface area contributed by atoms with Crippen LogP contribution in [0.5, 0.6) is 0 Å². The van der Waals surface area contributed by atoms with Crippen molar-refractivity contribution in [1.82, 2.24) is 0 Å². The predicted octanol–water partition coefficient (Wildman–Crippen LogP) is 7.23. The number of methoxy groups -OCH3 is 1. The van der Waals surface area contributed by atoms with Gasteiger partial charge in [-0.2, -0.15) is 8.78 Å². The van der Waals surface area contributed by atoms with Gasteiger partial charge in [0, 0.05) is 12.8 Å². The molecule has 3 aliphatic rings. The van der Waals surface area contributed by atoms with Crippen molar-refractivity contribution in [3.63, 3.8) is 0 Å². The van der Waals surface area contributed by atoms with Crippen LogP contribution >= 0.6 is 0 Å². The standard InChI is InChI=1S/C22H34F2O3.C2H6/c1-3-4-15-5-7-16(8-6-15)17-9-10-18(26-13-17)14-27-20-12-11-19(25-2)21(23)22(20)24;1-2/h15-18H,3-14H2,1-2H3;1-2H3. The number of ether oxygens (including phenoxy) is 3. The minimum absolute atomic E-state index is 0.0196. The van der Waals surface area contributed by atoms with E-state index in [1.54, 1.807) is 0 Å². The van der Waals surface area contributed by atoms with Crippen molar-refractivity contribution in [1.29, 1.82) is 0 Å².